The number of carbonyl (C=O) groups is 2. The van der Waals surface area contributed by atoms with E-state index < -0.39 is 0 Å². The van der Waals surface area contributed by atoms with Gasteiger partial charge in [0, 0.05) is 18.2 Å². The van der Waals surface area contributed by atoms with Crippen molar-refractivity contribution in [2.45, 2.75) is 26.7 Å². The minimum absolute atomic E-state index is 0.200. The van der Waals surface area contributed by atoms with Gasteiger partial charge in [0.05, 0.1) is 21.3 Å². The van der Waals surface area contributed by atoms with Crippen molar-refractivity contribution in [3.8, 4) is 17.2 Å². The van der Waals surface area contributed by atoms with Crippen molar-refractivity contribution in [3.05, 3.63) is 35.4 Å². The third-order valence-corrected chi connectivity index (χ3v) is 4.25. The molecule has 0 saturated carbocycles. The number of allylic oxidation sites excluding steroid dienone is 1. The first-order chi connectivity index (χ1) is 12.9. The second-order valence-electron chi connectivity index (χ2n) is 6.63. The molecule has 6 heteroatoms. The van der Waals surface area contributed by atoms with Gasteiger partial charge in [0.25, 0.3) is 11.8 Å². The van der Waals surface area contributed by atoms with Crippen molar-refractivity contribution in [2.24, 2.45) is 5.92 Å². The smallest absolute Gasteiger partial charge is 0.256 e. The van der Waals surface area contributed by atoms with Crippen LogP contribution >= 0.6 is 0 Å². The molecule has 0 atom stereocenters. The summed E-state index contributed by atoms with van der Waals surface area (Å²) in [5.41, 5.74) is 1.42. The summed E-state index contributed by atoms with van der Waals surface area (Å²) < 4.78 is 15.9. The lowest BCUT2D eigenvalue weighted by Crippen LogP contribution is -2.40. The van der Waals surface area contributed by atoms with Crippen molar-refractivity contribution in [2.75, 3.05) is 27.9 Å². The Morgan fingerprint density at radius 1 is 1.11 bits per heavy atom. The number of hydrogen-bond donors (Lipinski definition) is 0. The van der Waals surface area contributed by atoms with Crippen LogP contribution in [-0.2, 0) is 9.59 Å². The van der Waals surface area contributed by atoms with Gasteiger partial charge < -0.3 is 14.2 Å². The minimum atomic E-state index is -0.330. The lowest BCUT2D eigenvalue weighted by Gasteiger charge is -2.26. The van der Waals surface area contributed by atoms with E-state index in [-0.39, 0.29) is 17.7 Å². The fourth-order valence-corrected chi connectivity index (χ4v) is 3.03. The van der Waals surface area contributed by atoms with Crippen molar-refractivity contribution < 1.29 is 23.8 Å². The van der Waals surface area contributed by atoms with Crippen LogP contribution in [0.3, 0.4) is 0 Å². The van der Waals surface area contributed by atoms with E-state index in [2.05, 4.69) is 0 Å². The van der Waals surface area contributed by atoms with Gasteiger partial charge in [-0.05, 0) is 42.5 Å². The predicted octanol–water partition coefficient (Wildman–Crippen LogP) is 3.46. The molecule has 0 bridgehead atoms. The molecule has 1 fully saturated rings. The molecule has 0 spiro atoms. The summed E-state index contributed by atoms with van der Waals surface area (Å²) in [4.78, 5) is 26.4. The summed E-state index contributed by atoms with van der Waals surface area (Å²) in [6.45, 7) is 4.48. The highest BCUT2D eigenvalue weighted by molar-refractivity contribution is 6.09. The van der Waals surface area contributed by atoms with Gasteiger partial charge >= 0.3 is 0 Å². The molecule has 0 radical (unpaired) electrons. The Kier molecular flexibility index (Phi) is 7.05. The number of methoxy groups -OCH3 is 3. The highest BCUT2D eigenvalue weighted by atomic mass is 16.5. The van der Waals surface area contributed by atoms with Crippen LogP contribution in [0, 0.1) is 5.92 Å². The molecule has 1 heterocycles. The van der Waals surface area contributed by atoms with Gasteiger partial charge in [-0.1, -0.05) is 19.9 Å². The van der Waals surface area contributed by atoms with E-state index in [0.717, 1.165) is 12.8 Å². The maximum absolute atomic E-state index is 12.5. The van der Waals surface area contributed by atoms with Gasteiger partial charge in [-0.3, -0.25) is 14.5 Å². The van der Waals surface area contributed by atoms with E-state index in [9.17, 15) is 9.59 Å². The van der Waals surface area contributed by atoms with Crippen LogP contribution in [0.5, 0.6) is 17.2 Å². The Labute approximate surface area is 160 Å². The quantitative estimate of drug-likeness (QED) is 0.715. The van der Waals surface area contributed by atoms with Crippen molar-refractivity contribution >= 4 is 17.9 Å². The summed E-state index contributed by atoms with van der Waals surface area (Å²) in [6.07, 6.45) is 6.48. The maximum atomic E-state index is 12.5. The predicted molar refractivity (Wildman–Crippen MR) is 104 cm³/mol. The van der Waals surface area contributed by atoms with Crippen molar-refractivity contribution in [1.29, 1.82) is 0 Å². The largest absolute Gasteiger partial charge is 0.493 e. The summed E-state index contributed by atoms with van der Waals surface area (Å²) in [6, 6.07) is 3.49. The van der Waals surface area contributed by atoms with Crippen molar-refractivity contribution in [3.63, 3.8) is 0 Å². The van der Waals surface area contributed by atoms with Gasteiger partial charge in [0.1, 0.15) is 0 Å². The lowest BCUT2D eigenvalue weighted by molar-refractivity contribution is -0.140. The van der Waals surface area contributed by atoms with E-state index in [1.54, 1.807) is 18.2 Å². The number of nitrogens with zero attached hydrogens (tertiary/aromatic N) is 1. The van der Waals surface area contributed by atoms with Crippen LogP contribution in [0.1, 0.15) is 32.3 Å². The molecular formula is C21H27NO5. The lowest BCUT2D eigenvalue weighted by atomic mass is 9.99. The Balaban J connectivity index is 2.22. The number of rotatable bonds is 6. The average molecular weight is 373 g/mol. The van der Waals surface area contributed by atoms with Gasteiger partial charge in [-0.25, -0.2) is 0 Å². The molecule has 0 unspecified atom stereocenters. The SMILES string of the molecule is COc1cc(/C=C/C(=O)N2CCCC(=CC(C)C)C2=O)cc(OC)c1OC. The van der Waals surface area contributed by atoms with Crippen LogP contribution < -0.4 is 14.2 Å². The molecule has 146 valence electrons. The monoisotopic (exact) mass is 373 g/mol. The number of carbonyl (C=O) groups excluding carboxylic acids is 2. The van der Waals surface area contributed by atoms with Crippen LogP contribution in [-0.4, -0.2) is 44.6 Å². The Morgan fingerprint density at radius 3 is 2.26 bits per heavy atom. The Bertz CT molecular complexity index is 739. The Morgan fingerprint density at radius 2 is 1.74 bits per heavy atom. The zero-order chi connectivity index (χ0) is 20.0. The molecule has 1 aliphatic rings. The topological polar surface area (TPSA) is 65.1 Å². The normalized spacial score (nSPS) is 16.3. The van der Waals surface area contributed by atoms with E-state index in [4.69, 9.17) is 14.2 Å². The number of amides is 2. The Hall–Kier alpha value is -2.76. The minimum Gasteiger partial charge on any atom is -0.493 e. The average Bonchev–Trinajstić information content (AvgIpc) is 2.66. The summed E-state index contributed by atoms with van der Waals surface area (Å²) in [5, 5.41) is 0. The summed E-state index contributed by atoms with van der Waals surface area (Å²) in [7, 11) is 4.60. The molecule has 0 N–H and O–H groups in total. The molecule has 2 amide bonds. The molecule has 1 aliphatic heterocycles. The molecule has 1 aromatic rings. The third kappa shape index (κ3) is 4.90. The molecule has 1 aromatic carbocycles. The zero-order valence-electron chi connectivity index (χ0n) is 16.6. The van der Waals surface area contributed by atoms with Crippen LogP contribution in [0.4, 0.5) is 0 Å². The van der Waals surface area contributed by atoms with E-state index >= 15 is 0 Å². The number of likely N-dealkylation sites (tertiary alicyclic amines) is 1. The van der Waals surface area contributed by atoms with Gasteiger partial charge in [-0.2, -0.15) is 0 Å². The molecule has 0 aromatic heterocycles. The van der Waals surface area contributed by atoms with Gasteiger partial charge in [0.2, 0.25) is 5.75 Å². The first-order valence-electron chi connectivity index (χ1n) is 8.95. The van der Waals surface area contributed by atoms with E-state index in [1.807, 2.05) is 19.9 Å². The molecule has 0 aliphatic carbocycles. The van der Waals surface area contributed by atoms with Crippen molar-refractivity contribution in [1.82, 2.24) is 4.90 Å². The molecule has 27 heavy (non-hydrogen) atoms. The van der Waals surface area contributed by atoms with E-state index in [1.165, 1.54) is 32.3 Å². The first-order valence-corrected chi connectivity index (χ1v) is 8.95. The number of piperidine rings is 1. The van der Waals surface area contributed by atoms with Crippen LogP contribution in [0.25, 0.3) is 6.08 Å². The second kappa shape index (κ2) is 9.26. The number of benzene rings is 1. The standard InChI is InChI=1S/C21H27NO5/c1-14(2)11-16-7-6-10-22(21(16)24)19(23)9-8-15-12-17(25-3)20(27-5)18(13-15)26-4/h8-9,11-14H,6-7,10H2,1-5H3/b9-8+,16-11?. The number of imide groups is 1. The molecule has 2 rings (SSSR count). The highest BCUT2D eigenvalue weighted by Gasteiger charge is 2.27. The van der Waals surface area contributed by atoms with Crippen LogP contribution in [0.15, 0.2) is 29.9 Å². The summed E-state index contributed by atoms with van der Waals surface area (Å²) in [5.74, 6) is 1.23. The fourth-order valence-electron chi connectivity index (χ4n) is 3.03. The van der Waals surface area contributed by atoms with E-state index in [0.29, 0.717) is 34.9 Å². The van der Waals surface area contributed by atoms with Gasteiger partial charge in [-0.15, -0.1) is 0 Å². The van der Waals surface area contributed by atoms with Crippen LogP contribution in [0.2, 0.25) is 0 Å². The molecule has 6 nitrogen and oxygen atoms in total. The second-order valence-corrected chi connectivity index (χ2v) is 6.63. The maximum Gasteiger partial charge on any atom is 0.256 e. The summed E-state index contributed by atoms with van der Waals surface area (Å²) >= 11 is 0. The van der Waals surface area contributed by atoms with Gasteiger partial charge in [0.15, 0.2) is 11.5 Å². The third-order valence-electron chi connectivity index (χ3n) is 4.25. The molecule has 1 saturated heterocycles. The molecular weight excluding hydrogens is 346 g/mol. The first kappa shape index (κ1) is 20.6. The zero-order valence-corrected chi connectivity index (χ0v) is 16.6. The number of hydrogen-bond acceptors (Lipinski definition) is 5. The highest BCUT2D eigenvalue weighted by Crippen LogP contribution is 2.38. The fraction of sp³-hybridized carbons (Fsp3) is 0.429. The number of ether oxygens (including phenoxy) is 3.